The Labute approximate surface area is 212 Å². The van der Waals surface area contributed by atoms with Crippen molar-refractivity contribution >= 4 is 38.4 Å². The van der Waals surface area contributed by atoms with E-state index in [2.05, 4.69) is 71.3 Å². The number of hydrogen-bond acceptors (Lipinski definition) is 5. The van der Waals surface area contributed by atoms with Crippen molar-refractivity contribution in [2.75, 3.05) is 26.2 Å². The summed E-state index contributed by atoms with van der Waals surface area (Å²) in [4.78, 5) is 20.3. The fourth-order valence-electron chi connectivity index (χ4n) is 4.35. The number of fused-ring (bicyclic) bond motifs is 1. The van der Waals surface area contributed by atoms with Crippen LogP contribution in [0.3, 0.4) is 0 Å². The number of H-pyrrole nitrogens is 1. The summed E-state index contributed by atoms with van der Waals surface area (Å²) in [6, 6.07) is 23.6. The molecule has 0 unspecified atom stereocenters. The van der Waals surface area contributed by atoms with Gasteiger partial charge in [-0.2, -0.15) is 0 Å². The van der Waals surface area contributed by atoms with Gasteiger partial charge in [0.05, 0.1) is 5.52 Å². The number of rotatable bonds is 6. The molecule has 1 saturated heterocycles. The summed E-state index contributed by atoms with van der Waals surface area (Å²) in [5.41, 5.74) is 3.95. The SMILES string of the molecule is O=C(N=Nc1c(O)[nH]c2ccc(Br)cc12)c1ccc(CN2CCN(Cc3ccccc3)CC2)cc1. The van der Waals surface area contributed by atoms with Crippen LogP contribution in [0, 0.1) is 0 Å². The van der Waals surface area contributed by atoms with Crippen LogP contribution in [0.2, 0.25) is 0 Å². The van der Waals surface area contributed by atoms with Crippen LogP contribution in [0.5, 0.6) is 5.88 Å². The zero-order chi connectivity index (χ0) is 24.2. The van der Waals surface area contributed by atoms with Crippen LogP contribution in [0.15, 0.2) is 87.5 Å². The average Bonchev–Trinajstić information content (AvgIpc) is 3.19. The molecule has 0 saturated carbocycles. The Hall–Kier alpha value is -3.33. The number of aromatic nitrogens is 1. The molecule has 5 rings (SSSR count). The van der Waals surface area contributed by atoms with Crippen molar-refractivity contribution < 1.29 is 9.90 Å². The lowest BCUT2D eigenvalue weighted by Gasteiger charge is -2.34. The maximum absolute atomic E-state index is 12.6. The van der Waals surface area contributed by atoms with Crippen molar-refractivity contribution in [3.8, 4) is 5.88 Å². The number of aromatic amines is 1. The second-order valence-corrected chi connectivity index (χ2v) is 9.67. The van der Waals surface area contributed by atoms with E-state index in [-0.39, 0.29) is 11.6 Å². The fraction of sp³-hybridized carbons (Fsp3) is 0.222. The molecule has 0 aliphatic carbocycles. The molecule has 2 N–H and O–H groups in total. The van der Waals surface area contributed by atoms with Crippen LogP contribution in [0.4, 0.5) is 5.69 Å². The molecule has 35 heavy (non-hydrogen) atoms. The smallest absolute Gasteiger partial charge is 0.295 e. The van der Waals surface area contributed by atoms with Crippen molar-refractivity contribution in [1.82, 2.24) is 14.8 Å². The third kappa shape index (κ3) is 5.67. The second kappa shape index (κ2) is 10.5. The molecule has 8 heteroatoms. The first kappa shape index (κ1) is 23.4. The first-order valence-electron chi connectivity index (χ1n) is 11.6. The number of nitrogens with zero attached hydrogens (tertiary/aromatic N) is 4. The topological polar surface area (TPSA) is 84.3 Å². The van der Waals surface area contributed by atoms with Crippen LogP contribution in [-0.4, -0.2) is 52.0 Å². The zero-order valence-electron chi connectivity index (χ0n) is 19.2. The van der Waals surface area contributed by atoms with Crippen LogP contribution in [0.25, 0.3) is 10.9 Å². The molecule has 1 aromatic heterocycles. The van der Waals surface area contributed by atoms with Gasteiger partial charge in [-0.15, -0.1) is 10.2 Å². The maximum atomic E-state index is 12.6. The van der Waals surface area contributed by atoms with Gasteiger partial charge < -0.3 is 10.1 Å². The number of halogens is 1. The van der Waals surface area contributed by atoms with E-state index in [4.69, 9.17) is 0 Å². The number of benzene rings is 3. The van der Waals surface area contributed by atoms with Gasteiger partial charge in [0.1, 0.15) is 0 Å². The lowest BCUT2D eigenvalue weighted by molar-refractivity contribution is 0.0995. The number of azo groups is 1. The van der Waals surface area contributed by atoms with E-state index < -0.39 is 5.91 Å². The summed E-state index contributed by atoms with van der Waals surface area (Å²) < 4.78 is 0.847. The third-order valence-corrected chi connectivity index (χ3v) is 6.77. The van der Waals surface area contributed by atoms with E-state index in [0.717, 1.165) is 54.8 Å². The number of hydrogen-bond donors (Lipinski definition) is 2. The minimum Gasteiger partial charge on any atom is -0.493 e. The van der Waals surface area contributed by atoms with E-state index in [0.29, 0.717) is 10.9 Å². The van der Waals surface area contributed by atoms with Crippen molar-refractivity contribution in [1.29, 1.82) is 0 Å². The Kier molecular flexibility index (Phi) is 7.03. The molecule has 1 amide bonds. The minimum absolute atomic E-state index is 0.117. The number of carbonyl (C=O) groups is 1. The van der Waals surface area contributed by atoms with Gasteiger partial charge in [-0.25, -0.2) is 0 Å². The largest absolute Gasteiger partial charge is 0.493 e. The quantitative estimate of drug-likeness (QED) is 0.304. The number of aromatic hydroxyl groups is 1. The van der Waals surface area contributed by atoms with Crippen LogP contribution in [-0.2, 0) is 13.1 Å². The third-order valence-electron chi connectivity index (χ3n) is 6.28. The highest BCUT2D eigenvalue weighted by Gasteiger charge is 2.17. The summed E-state index contributed by atoms with van der Waals surface area (Å²) >= 11 is 3.41. The highest BCUT2D eigenvalue weighted by Crippen LogP contribution is 2.36. The van der Waals surface area contributed by atoms with Crippen molar-refractivity contribution in [3.63, 3.8) is 0 Å². The Bertz CT molecular complexity index is 1340. The molecule has 0 bridgehead atoms. The predicted molar refractivity (Wildman–Crippen MR) is 140 cm³/mol. The molecule has 0 atom stereocenters. The second-order valence-electron chi connectivity index (χ2n) is 8.75. The van der Waals surface area contributed by atoms with Crippen LogP contribution < -0.4 is 0 Å². The molecule has 3 aromatic carbocycles. The molecule has 0 radical (unpaired) electrons. The molecule has 2 heterocycles. The highest BCUT2D eigenvalue weighted by atomic mass is 79.9. The summed E-state index contributed by atoms with van der Waals surface area (Å²) in [7, 11) is 0. The molecule has 0 spiro atoms. The molecule has 178 valence electrons. The molecular formula is C27H26BrN5O2. The summed E-state index contributed by atoms with van der Waals surface area (Å²) in [5.74, 6) is -0.566. The highest BCUT2D eigenvalue weighted by molar-refractivity contribution is 9.10. The molecule has 4 aromatic rings. The average molecular weight is 532 g/mol. The molecule has 7 nitrogen and oxygen atoms in total. The van der Waals surface area contributed by atoms with E-state index in [1.807, 2.05) is 30.3 Å². The fourth-order valence-corrected chi connectivity index (χ4v) is 4.71. The minimum atomic E-state index is -0.449. The summed E-state index contributed by atoms with van der Waals surface area (Å²) in [6.07, 6.45) is 0. The van der Waals surface area contributed by atoms with E-state index in [1.165, 1.54) is 5.56 Å². The van der Waals surface area contributed by atoms with Gasteiger partial charge in [0.25, 0.3) is 5.91 Å². The van der Waals surface area contributed by atoms with Gasteiger partial charge in [0.2, 0.25) is 5.88 Å². The lowest BCUT2D eigenvalue weighted by atomic mass is 10.1. The molecule has 1 fully saturated rings. The number of nitrogens with one attached hydrogen (secondary N) is 1. The predicted octanol–water partition coefficient (Wildman–Crippen LogP) is 5.88. The van der Waals surface area contributed by atoms with Gasteiger partial charge in [0.15, 0.2) is 5.69 Å². The van der Waals surface area contributed by atoms with E-state index >= 15 is 0 Å². The lowest BCUT2D eigenvalue weighted by Crippen LogP contribution is -2.45. The normalized spacial score (nSPS) is 15.2. The van der Waals surface area contributed by atoms with E-state index in [9.17, 15) is 9.90 Å². The van der Waals surface area contributed by atoms with Gasteiger partial charge >= 0.3 is 0 Å². The maximum Gasteiger partial charge on any atom is 0.295 e. The van der Waals surface area contributed by atoms with E-state index in [1.54, 1.807) is 12.1 Å². The first-order chi connectivity index (χ1) is 17.0. The monoisotopic (exact) mass is 531 g/mol. The summed E-state index contributed by atoms with van der Waals surface area (Å²) in [5, 5.41) is 18.7. The Morgan fingerprint density at radius 2 is 1.51 bits per heavy atom. The Morgan fingerprint density at radius 1 is 0.886 bits per heavy atom. The van der Waals surface area contributed by atoms with Gasteiger partial charge in [-0.1, -0.05) is 58.4 Å². The van der Waals surface area contributed by atoms with Gasteiger partial charge in [-0.05, 0) is 41.5 Å². The molecular weight excluding hydrogens is 506 g/mol. The molecule has 1 aliphatic rings. The Balaban J connectivity index is 1.16. The number of amides is 1. The number of piperazine rings is 1. The van der Waals surface area contributed by atoms with Crippen LogP contribution in [0.1, 0.15) is 21.5 Å². The van der Waals surface area contributed by atoms with Crippen molar-refractivity contribution in [2.24, 2.45) is 10.2 Å². The van der Waals surface area contributed by atoms with Gasteiger partial charge in [0, 0.05) is 54.7 Å². The summed E-state index contributed by atoms with van der Waals surface area (Å²) in [6.45, 7) is 5.98. The zero-order valence-corrected chi connectivity index (χ0v) is 20.8. The van der Waals surface area contributed by atoms with Crippen molar-refractivity contribution in [2.45, 2.75) is 13.1 Å². The van der Waals surface area contributed by atoms with Gasteiger partial charge in [-0.3, -0.25) is 14.6 Å². The number of carbonyl (C=O) groups excluding carboxylic acids is 1. The first-order valence-corrected chi connectivity index (χ1v) is 12.4. The standard InChI is InChI=1S/C27H26BrN5O2/c28-22-10-11-24-23(16-22)25(27(35)29-24)30-31-26(34)21-8-6-20(7-9-21)18-33-14-12-32(13-15-33)17-19-4-2-1-3-5-19/h1-11,16,29,35H,12-15,17-18H2. The molecule has 1 aliphatic heterocycles. The Morgan fingerprint density at radius 3 is 2.17 bits per heavy atom. The van der Waals surface area contributed by atoms with Crippen molar-refractivity contribution in [3.05, 3.63) is 94.0 Å². The van der Waals surface area contributed by atoms with Crippen LogP contribution >= 0.6 is 15.9 Å².